The van der Waals surface area contributed by atoms with Crippen LogP contribution in [-0.2, 0) is 29.0 Å². The molecule has 2 aromatic carbocycles. The van der Waals surface area contributed by atoms with Crippen LogP contribution in [0.4, 0.5) is 10.2 Å². The number of benzene rings is 2. The highest BCUT2D eigenvalue weighted by atomic mass is 19.2. The van der Waals surface area contributed by atoms with Gasteiger partial charge in [-0.05, 0) is 49.4 Å². The highest BCUT2D eigenvalue weighted by molar-refractivity contribution is 5.97. The van der Waals surface area contributed by atoms with Gasteiger partial charge in [0.15, 0.2) is 0 Å². The first-order valence-electron chi connectivity index (χ1n) is 9.83. The Bertz CT molecular complexity index is 1080. The van der Waals surface area contributed by atoms with Crippen molar-refractivity contribution < 1.29 is 19.2 Å². The van der Waals surface area contributed by atoms with Crippen LogP contribution in [0, 0.1) is 5.41 Å². The van der Waals surface area contributed by atoms with Crippen molar-refractivity contribution in [3.8, 4) is 0 Å². The predicted molar refractivity (Wildman–Crippen MR) is 109 cm³/mol. The normalized spacial score (nSPS) is 18.4. The van der Waals surface area contributed by atoms with E-state index in [4.69, 9.17) is 0 Å². The van der Waals surface area contributed by atoms with E-state index in [1.165, 1.54) is 0 Å². The van der Waals surface area contributed by atoms with Gasteiger partial charge in [-0.1, -0.05) is 47.8 Å². The molecule has 29 heavy (non-hydrogen) atoms. The summed E-state index contributed by atoms with van der Waals surface area (Å²) in [5.74, 6) is -1.44. The highest BCUT2D eigenvalue weighted by Crippen LogP contribution is 2.44. The molecule has 1 aliphatic rings. The molecule has 0 saturated heterocycles. The first kappa shape index (κ1) is 19.2. The molecule has 5 nitrogen and oxygen atoms in total. The summed E-state index contributed by atoms with van der Waals surface area (Å²) in [7, 11) is 0. The van der Waals surface area contributed by atoms with Gasteiger partial charge in [-0.2, -0.15) is 0 Å². The van der Waals surface area contributed by atoms with Crippen LogP contribution in [-0.4, -0.2) is 21.6 Å². The number of aromatic nitrogens is 1. The number of anilines is 1. The van der Waals surface area contributed by atoms with E-state index < -0.39 is 17.3 Å². The average molecular weight is 394 g/mol. The number of amides is 1. The molecule has 0 spiro atoms. The maximum Gasteiger partial charge on any atom is 0.323 e. The molecule has 3 aromatic rings. The third-order valence-electron chi connectivity index (χ3n) is 6.13. The monoisotopic (exact) mass is 394 g/mol. The number of aliphatic carboxylic acids is 1. The number of carboxylic acid groups (broad SMARTS) is 1. The Morgan fingerprint density at radius 3 is 2.52 bits per heavy atom. The fourth-order valence-corrected chi connectivity index (χ4v) is 4.53. The summed E-state index contributed by atoms with van der Waals surface area (Å²) in [4.78, 5) is 24.6. The van der Waals surface area contributed by atoms with Gasteiger partial charge in [0.25, 0.3) is 5.91 Å². The summed E-state index contributed by atoms with van der Waals surface area (Å²) in [6, 6.07) is 16.0. The number of carbonyl (C=O) groups is 2. The fraction of sp³-hybridized carbons (Fsp3) is 0.304. The molecular formula is C23H23FN2O3. The summed E-state index contributed by atoms with van der Waals surface area (Å²) in [5, 5.41) is 10.6. The Hall–Kier alpha value is -3.15. The minimum absolute atomic E-state index is 0.123. The molecule has 0 radical (unpaired) electrons. The van der Waals surface area contributed by atoms with E-state index in [2.05, 4.69) is 0 Å². The molecule has 150 valence electrons. The van der Waals surface area contributed by atoms with Gasteiger partial charge in [-0.15, -0.1) is 5.12 Å². The van der Waals surface area contributed by atoms with Crippen LogP contribution in [0.5, 0.6) is 0 Å². The molecule has 0 fully saturated rings. The van der Waals surface area contributed by atoms with Crippen LogP contribution in [0.2, 0.25) is 0 Å². The second-order valence-corrected chi connectivity index (χ2v) is 7.65. The molecule has 4 rings (SSSR count). The van der Waals surface area contributed by atoms with Crippen molar-refractivity contribution in [1.29, 1.82) is 0 Å². The van der Waals surface area contributed by atoms with Crippen molar-refractivity contribution in [2.45, 2.75) is 39.2 Å². The second kappa shape index (κ2) is 7.35. The molecule has 1 heterocycles. The molecule has 0 bridgehead atoms. The maximum atomic E-state index is 15.0. The number of para-hydroxylation sites is 2. The number of hydrogen-bond acceptors (Lipinski definition) is 2. The second-order valence-electron chi connectivity index (χ2n) is 7.65. The number of rotatable bonds is 5. The van der Waals surface area contributed by atoms with Crippen molar-refractivity contribution in [2.24, 2.45) is 5.41 Å². The Morgan fingerprint density at radius 2 is 1.83 bits per heavy atom. The fourth-order valence-electron chi connectivity index (χ4n) is 4.53. The quantitative estimate of drug-likeness (QED) is 0.647. The van der Waals surface area contributed by atoms with Crippen molar-refractivity contribution in [3.05, 3.63) is 65.9 Å². The molecule has 1 N–H and O–H groups in total. The van der Waals surface area contributed by atoms with Gasteiger partial charge in [0.1, 0.15) is 6.54 Å². The maximum absolute atomic E-state index is 15.0. The summed E-state index contributed by atoms with van der Waals surface area (Å²) >= 11 is 0. The molecule has 1 aromatic heterocycles. The molecule has 1 atom stereocenters. The molecule has 0 aliphatic heterocycles. The topological polar surface area (TPSA) is 62.5 Å². The van der Waals surface area contributed by atoms with E-state index in [1.807, 2.05) is 35.8 Å². The number of carboxylic acids is 1. The summed E-state index contributed by atoms with van der Waals surface area (Å²) < 4.78 is 16.8. The van der Waals surface area contributed by atoms with Crippen LogP contribution >= 0.6 is 0 Å². The lowest BCUT2D eigenvalue weighted by atomic mass is 9.70. The zero-order valence-corrected chi connectivity index (χ0v) is 16.3. The molecule has 1 amide bonds. The van der Waals surface area contributed by atoms with E-state index >= 15 is 4.48 Å². The number of nitrogens with zero attached hydrogens (tertiary/aromatic N) is 2. The summed E-state index contributed by atoms with van der Waals surface area (Å²) in [6.45, 7) is 1.79. The van der Waals surface area contributed by atoms with Crippen molar-refractivity contribution in [3.63, 3.8) is 0 Å². The van der Waals surface area contributed by atoms with Gasteiger partial charge in [0.2, 0.25) is 0 Å². The van der Waals surface area contributed by atoms with Crippen molar-refractivity contribution in [1.82, 2.24) is 4.57 Å². The minimum Gasteiger partial charge on any atom is -0.480 e. The highest BCUT2D eigenvalue weighted by Gasteiger charge is 2.44. The predicted octanol–water partition coefficient (Wildman–Crippen LogP) is 4.53. The van der Waals surface area contributed by atoms with E-state index in [-0.39, 0.29) is 17.4 Å². The van der Waals surface area contributed by atoms with Crippen LogP contribution in [0.25, 0.3) is 10.9 Å². The Labute approximate surface area is 168 Å². The zero-order chi connectivity index (χ0) is 20.6. The van der Waals surface area contributed by atoms with Crippen molar-refractivity contribution >= 4 is 28.5 Å². The number of halogens is 1. The first-order chi connectivity index (χ1) is 14.0. The van der Waals surface area contributed by atoms with Crippen LogP contribution in [0.3, 0.4) is 0 Å². The van der Waals surface area contributed by atoms with Gasteiger partial charge in [-0.3, -0.25) is 9.59 Å². The molecule has 0 saturated carbocycles. The average Bonchev–Trinajstić information content (AvgIpc) is 3.05. The Morgan fingerprint density at radius 1 is 1.14 bits per heavy atom. The van der Waals surface area contributed by atoms with Gasteiger partial charge in [0, 0.05) is 16.6 Å². The zero-order valence-electron chi connectivity index (χ0n) is 16.3. The molecular weight excluding hydrogens is 371 g/mol. The Balaban J connectivity index is 1.76. The van der Waals surface area contributed by atoms with Gasteiger partial charge in [-0.25, -0.2) is 0 Å². The number of carbonyl (C=O) groups excluding carboxylic acids is 1. The minimum atomic E-state index is -0.907. The van der Waals surface area contributed by atoms with Gasteiger partial charge < -0.3 is 9.67 Å². The SMILES string of the molecule is CCC1(C(=O)N(F)c2ccccc2)CCc2c(c3ccccc3n2CC(=O)O)C1. The van der Waals surface area contributed by atoms with Crippen molar-refractivity contribution in [2.75, 3.05) is 5.12 Å². The summed E-state index contributed by atoms with van der Waals surface area (Å²) in [5.41, 5.74) is 2.12. The first-order valence-corrected chi connectivity index (χ1v) is 9.83. The van der Waals surface area contributed by atoms with Crippen LogP contribution in [0.1, 0.15) is 31.0 Å². The van der Waals surface area contributed by atoms with E-state index in [0.29, 0.717) is 25.7 Å². The summed E-state index contributed by atoms with van der Waals surface area (Å²) in [6.07, 6.45) is 1.94. The molecule has 1 unspecified atom stereocenters. The third kappa shape index (κ3) is 3.18. The lowest BCUT2D eigenvalue weighted by Gasteiger charge is -2.36. The Kier molecular flexibility index (Phi) is 4.86. The van der Waals surface area contributed by atoms with E-state index in [1.54, 1.807) is 30.3 Å². The standard InChI is InChI=1S/C23H23FN2O3/c1-2-23(22(29)26(24)16-8-4-3-5-9-16)13-12-20-18(14-23)17-10-6-7-11-19(17)25(20)15-21(27)28/h3-11H,2,12-15H2,1H3,(H,27,28). The van der Waals surface area contributed by atoms with E-state index in [9.17, 15) is 14.7 Å². The van der Waals surface area contributed by atoms with Gasteiger partial charge >= 0.3 is 5.97 Å². The van der Waals surface area contributed by atoms with Crippen LogP contribution < -0.4 is 5.12 Å². The van der Waals surface area contributed by atoms with E-state index in [0.717, 1.165) is 22.2 Å². The third-order valence-corrected chi connectivity index (χ3v) is 6.13. The number of fused-ring (bicyclic) bond motifs is 3. The lowest BCUT2D eigenvalue weighted by molar-refractivity contribution is -0.137. The largest absolute Gasteiger partial charge is 0.480 e. The smallest absolute Gasteiger partial charge is 0.323 e. The van der Waals surface area contributed by atoms with Gasteiger partial charge in [0.05, 0.1) is 11.1 Å². The van der Waals surface area contributed by atoms with Crippen LogP contribution in [0.15, 0.2) is 54.6 Å². The molecule has 1 aliphatic carbocycles. The lowest BCUT2D eigenvalue weighted by Crippen LogP contribution is -2.44. The number of hydrogen-bond donors (Lipinski definition) is 1. The molecule has 6 heteroatoms.